The number of pyridine rings is 1. The lowest BCUT2D eigenvalue weighted by Crippen LogP contribution is -2.06. The highest BCUT2D eigenvalue weighted by Gasteiger charge is 2.08. The zero-order valence-electron chi connectivity index (χ0n) is 11.3. The highest BCUT2D eigenvalue weighted by atomic mass is 35.5. The van der Waals surface area contributed by atoms with Crippen molar-refractivity contribution < 1.29 is 4.74 Å². The predicted molar refractivity (Wildman–Crippen MR) is 77.8 cm³/mol. The van der Waals surface area contributed by atoms with E-state index in [2.05, 4.69) is 4.98 Å². The molecule has 0 saturated heterocycles. The summed E-state index contributed by atoms with van der Waals surface area (Å²) in [4.78, 5) is 4.28. The molecule has 0 bridgehead atoms. The van der Waals surface area contributed by atoms with Crippen molar-refractivity contribution in [1.29, 1.82) is 0 Å². The van der Waals surface area contributed by atoms with Crippen LogP contribution < -0.4 is 10.5 Å². The number of ether oxygens (including phenoxy) is 1. The Balaban J connectivity index is 2.26. The fourth-order valence-corrected chi connectivity index (χ4v) is 2.23. The zero-order valence-corrected chi connectivity index (χ0v) is 12.0. The second-order valence-corrected chi connectivity index (χ2v) is 5.11. The van der Waals surface area contributed by atoms with Crippen molar-refractivity contribution in [3.8, 4) is 11.5 Å². The van der Waals surface area contributed by atoms with Crippen molar-refractivity contribution >= 4 is 11.6 Å². The van der Waals surface area contributed by atoms with Crippen LogP contribution in [-0.4, -0.2) is 4.98 Å². The van der Waals surface area contributed by atoms with Gasteiger partial charge in [0.2, 0.25) is 0 Å². The average molecular weight is 277 g/mol. The number of aromatic nitrogens is 1. The molecule has 2 N–H and O–H groups in total. The molecule has 0 unspecified atom stereocenters. The van der Waals surface area contributed by atoms with Gasteiger partial charge < -0.3 is 10.5 Å². The third kappa shape index (κ3) is 3.25. The van der Waals surface area contributed by atoms with Gasteiger partial charge in [-0.15, -0.1) is 0 Å². The zero-order chi connectivity index (χ0) is 14.0. The SMILES string of the molecule is Cc1cc(Cl)cc(C)c1Oc1ccc([C@H](C)N)nc1. The molecule has 1 atom stereocenters. The standard InChI is InChI=1S/C15H17ClN2O/c1-9-6-12(16)7-10(2)15(9)19-13-4-5-14(11(3)17)18-8-13/h4-8,11H,17H2,1-3H3/t11-/m0/s1. The molecule has 0 aliphatic carbocycles. The molecule has 2 rings (SSSR count). The lowest BCUT2D eigenvalue weighted by Gasteiger charge is -2.12. The molecule has 19 heavy (non-hydrogen) atoms. The maximum absolute atomic E-state index is 6.00. The van der Waals surface area contributed by atoms with Crippen LogP contribution in [0.1, 0.15) is 29.8 Å². The maximum atomic E-state index is 6.00. The van der Waals surface area contributed by atoms with E-state index in [1.165, 1.54) is 0 Å². The molecule has 0 spiro atoms. The summed E-state index contributed by atoms with van der Waals surface area (Å²) in [5.41, 5.74) is 8.61. The maximum Gasteiger partial charge on any atom is 0.145 e. The number of aryl methyl sites for hydroxylation is 2. The van der Waals surface area contributed by atoms with Gasteiger partial charge in [0.1, 0.15) is 11.5 Å². The van der Waals surface area contributed by atoms with E-state index in [1.807, 2.05) is 45.0 Å². The molecule has 0 fully saturated rings. The normalized spacial score (nSPS) is 12.3. The summed E-state index contributed by atoms with van der Waals surface area (Å²) < 4.78 is 5.87. The first-order valence-electron chi connectivity index (χ1n) is 6.13. The van der Waals surface area contributed by atoms with Crippen molar-refractivity contribution in [1.82, 2.24) is 4.98 Å². The van der Waals surface area contributed by atoms with Gasteiger partial charge in [-0.05, 0) is 56.2 Å². The van der Waals surface area contributed by atoms with Gasteiger partial charge in [-0.1, -0.05) is 11.6 Å². The third-order valence-corrected chi connectivity index (χ3v) is 3.09. The molecule has 2 aromatic rings. The first kappa shape index (κ1) is 13.8. The topological polar surface area (TPSA) is 48.1 Å². The summed E-state index contributed by atoms with van der Waals surface area (Å²) in [5.74, 6) is 1.51. The molecule has 4 heteroatoms. The van der Waals surface area contributed by atoms with Crippen LogP contribution in [0.15, 0.2) is 30.5 Å². The lowest BCUT2D eigenvalue weighted by atomic mass is 10.1. The van der Waals surface area contributed by atoms with Crippen LogP contribution >= 0.6 is 11.6 Å². The second kappa shape index (κ2) is 5.59. The molecular formula is C15H17ClN2O. The van der Waals surface area contributed by atoms with Gasteiger partial charge >= 0.3 is 0 Å². The van der Waals surface area contributed by atoms with Crippen LogP contribution in [0, 0.1) is 13.8 Å². The van der Waals surface area contributed by atoms with E-state index >= 15 is 0 Å². The summed E-state index contributed by atoms with van der Waals surface area (Å²) in [7, 11) is 0. The van der Waals surface area contributed by atoms with Gasteiger partial charge in [-0.2, -0.15) is 0 Å². The Morgan fingerprint density at radius 2 is 1.84 bits per heavy atom. The van der Waals surface area contributed by atoms with Crippen LogP contribution in [0.25, 0.3) is 0 Å². The number of hydrogen-bond acceptors (Lipinski definition) is 3. The van der Waals surface area contributed by atoms with Gasteiger partial charge in [0.15, 0.2) is 0 Å². The van der Waals surface area contributed by atoms with Gasteiger partial charge in [-0.3, -0.25) is 4.98 Å². The highest BCUT2D eigenvalue weighted by molar-refractivity contribution is 6.30. The van der Waals surface area contributed by atoms with Crippen LogP contribution in [-0.2, 0) is 0 Å². The summed E-state index contributed by atoms with van der Waals surface area (Å²) in [6, 6.07) is 7.44. The smallest absolute Gasteiger partial charge is 0.145 e. The fourth-order valence-electron chi connectivity index (χ4n) is 1.90. The molecule has 3 nitrogen and oxygen atoms in total. The Labute approximate surface area is 118 Å². The average Bonchev–Trinajstić information content (AvgIpc) is 2.34. The summed E-state index contributed by atoms with van der Waals surface area (Å²) in [5, 5.41) is 0.716. The number of nitrogens with zero attached hydrogens (tertiary/aromatic N) is 1. The van der Waals surface area contributed by atoms with Gasteiger partial charge in [0, 0.05) is 11.1 Å². The Hall–Kier alpha value is -1.58. The minimum Gasteiger partial charge on any atom is -0.455 e. The minimum atomic E-state index is -0.0759. The predicted octanol–water partition coefficient (Wildman–Crippen LogP) is 4.16. The van der Waals surface area contributed by atoms with E-state index in [1.54, 1.807) is 6.20 Å². The van der Waals surface area contributed by atoms with Crippen molar-refractivity contribution in [2.24, 2.45) is 5.73 Å². The fraction of sp³-hybridized carbons (Fsp3) is 0.267. The largest absolute Gasteiger partial charge is 0.455 e. The number of halogens is 1. The molecule has 0 radical (unpaired) electrons. The van der Waals surface area contributed by atoms with Gasteiger partial charge in [0.25, 0.3) is 0 Å². The Morgan fingerprint density at radius 3 is 2.32 bits per heavy atom. The van der Waals surface area contributed by atoms with Crippen LogP contribution in [0.3, 0.4) is 0 Å². The second-order valence-electron chi connectivity index (χ2n) is 4.68. The van der Waals surface area contributed by atoms with E-state index < -0.39 is 0 Å². The molecule has 100 valence electrons. The number of benzene rings is 1. The van der Waals surface area contributed by atoms with Crippen LogP contribution in [0.5, 0.6) is 11.5 Å². The van der Waals surface area contributed by atoms with Crippen molar-refractivity contribution in [2.45, 2.75) is 26.8 Å². The summed E-state index contributed by atoms with van der Waals surface area (Å²) in [6.07, 6.45) is 1.69. The Morgan fingerprint density at radius 1 is 1.21 bits per heavy atom. The monoisotopic (exact) mass is 276 g/mol. The highest BCUT2D eigenvalue weighted by Crippen LogP contribution is 2.31. The van der Waals surface area contributed by atoms with E-state index in [9.17, 15) is 0 Å². The quantitative estimate of drug-likeness (QED) is 0.915. The molecule has 0 aliphatic heterocycles. The van der Waals surface area contributed by atoms with Crippen molar-refractivity contribution in [3.05, 3.63) is 52.3 Å². The van der Waals surface area contributed by atoms with Gasteiger partial charge in [0.05, 0.1) is 11.9 Å². The lowest BCUT2D eigenvalue weighted by molar-refractivity contribution is 0.472. The van der Waals surface area contributed by atoms with E-state index in [0.717, 1.165) is 22.6 Å². The van der Waals surface area contributed by atoms with Crippen LogP contribution in [0.2, 0.25) is 5.02 Å². The first-order chi connectivity index (χ1) is 8.97. The van der Waals surface area contributed by atoms with E-state index in [-0.39, 0.29) is 6.04 Å². The number of hydrogen-bond donors (Lipinski definition) is 1. The number of nitrogens with two attached hydrogens (primary N) is 1. The van der Waals surface area contributed by atoms with E-state index in [4.69, 9.17) is 22.1 Å². The molecular weight excluding hydrogens is 260 g/mol. The minimum absolute atomic E-state index is 0.0759. The van der Waals surface area contributed by atoms with E-state index in [0.29, 0.717) is 10.8 Å². The molecule has 1 heterocycles. The molecule has 0 aliphatic rings. The number of rotatable bonds is 3. The molecule has 0 saturated carbocycles. The molecule has 1 aromatic heterocycles. The van der Waals surface area contributed by atoms with Crippen molar-refractivity contribution in [3.63, 3.8) is 0 Å². The summed E-state index contributed by atoms with van der Waals surface area (Å²) >= 11 is 6.00. The Bertz CT molecular complexity index is 556. The molecule has 0 amide bonds. The first-order valence-corrected chi connectivity index (χ1v) is 6.51. The van der Waals surface area contributed by atoms with Crippen molar-refractivity contribution in [2.75, 3.05) is 0 Å². The Kier molecular flexibility index (Phi) is 4.08. The third-order valence-electron chi connectivity index (χ3n) is 2.87. The van der Waals surface area contributed by atoms with Gasteiger partial charge in [-0.25, -0.2) is 0 Å². The molecule has 1 aromatic carbocycles. The summed E-state index contributed by atoms with van der Waals surface area (Å²) in [6.45, 7) is 5.84. The van der Waals surface area contributed by atoms with Crippen LogP contribution in [0.4, 0.5) is 0 Å².